The van der Waals surface area contributed by atoms with Crippen LogP contribution in [0.1, 0.15) is 50.2 Å². The van der Waals surface area contributed by atoms with Gasteiger partial charge >= 0.3 is 6.18 Å². The Kier molecular flexibility index (Phi) is 5.03. The molecule has 2 aromatic carbocycles. The summed E-state index contributed by atoms with van der Waals surface area (Å²) in [5.41, 5.74) is -0.681. The van der Waals surface area contributed by atoms with Gasteiger partial charge < -0.3 is 0 Å². The Morgan fingerprint density at radius 2 is 1.71 bits per heavy atom. The number of carbonyl (C=O) groups excluding carboxylic acids is 2. The van der Waals surface area contributed by atoms with Gasteiger partial charge in [0.15, 0.2) is 5.78 Å². The van der Waals surface area contributed by atoms with Gasteiger partial charge in [0.2, 0.25) is 5.91 Å². The van der Waals surface area contributed by atoms with Gasteiger partial charge in [0.1, 0.15) is 5.82 Å². The van der Waals surface area contributed by atoms with Crippen molar-refractivity contribution in [3.05, 3.63) is 76.7 Å². The number of ketones is 1. The number of allylic oxidation sites excluding steroid dienone is 2. The van der Waals surface area contributed by atoms with Crippen LogP contribution in [0, 0.1) is 11.2 Å². The Bertz CT molecular complexity index is 1100. The first-order valence-electron chi connectivity index (χ1n) is 9.99. The first-order valence-corrected chi connectivity index (χ1v) is 9.99. The summed E-state index contributed by atoms with van der Waals surface area (Å²) in [6.45, 7) is 3.69. The first-order chi connectivity index (χ1) is 14.5. The summed E-state index contributed by atoms with van der Waals surface area (Å²) < 4.78 is 55.0. The van der Waals surface area contributed by atoms with Crippen LogP contribution in [0.15, 0.2) is 59.8 Å². The molecule has 1 amide bonds. The van der Waals surface area contributed by atoms with Crippen molar-refractivity contribution in [3.63, 3.8) is 0 Å². The average molecular weight is 431 g/mol. The molecule has 2 aliphatic rings. The number of Topliss-reactive ketones (excluding diaryl/α,β-unsaturated/α-hetero) is 1. The highest BCUT2D eigenvalue weighted by Crippen LogP contribution is 2.49. The van der Waals surface area contributed by atoms with Crippen LogP contribution in [0.5, 0.6) is 0 Å². The van der Waals surface area contributed by atoms with Crippen molar-refractivity contribution >= 4 is 17.4 Å². The summed E-state index contributed by atoms with van der Waals surface area (Å²) in [5.74, 6) is -1.95. The number of carbonyl (C=O) groups is 2. The highest BCUT2D eigenvalue weighted by Gasteiger charge is 2.46. The van der Waals surface area contributed by atoms with Gasteiger partial charge in [-0.1, -0.05) is 38.1 Å². The van der Waals surface area contributed by atoms with E-state index in [2.05, 4.69) is 0 Å². The molecule has 0 spiro atoms. The van der Waals surface area contributed by atoms with Gasteiger partial charge in [0.05, 0.1) is 11.3 Å². The molecule has 3 nitrogen and oxygen atoms in total. The molecule has 0 bridgehead atoms. The normalized spacial score (nSPS) is 21.4. The van der Waals surface area contributed by atoms with Gasteiger partial charge in [-0.25, -0.2) is 4.39 Å². The van der Waals surface area contributed by atoms with Crippen molar-refractivity contribution in [2.75, 3.05) is 4.90 Å². The van der Waals surface area contributed by atoms with Crippen LogP contribution in [0.2, 0.25) is 0 Å². The number of rotatable bonds is 2. The van der Waals surface area contributed by atoms with E-state index in [0.717, 1.165) is 11.0 Å². The van der Waals surface area contributed by atoms with Gasteiger partial charge in [0.25, 0.3) is 0 Å². The molecule has 7 heteroatoms. The maximum Gasteiger partial charge on any atom is 0.418 e. The summed E-state index contributed by atoms with van der Waals surface area (Å²) in [6, 6.07) is 10.6. The molecule has 162 valence electrons. The van der Waals surface area contributed by atoms with E-state index in [9.17, 15) is 27.2 Å². The number of nitrogens with zero attached hydrogens (tertiary/aromatic N) is 1. The Labute approximate surface area is 177 Å². The number of hydrogen-bond acceptors (Lipinski definition) is 2. The maximum atomic E-state index is 13.9. The molecule has 1 aliphatic heterocycles. The van der Waals surface area contributed by atoms with E-state index < -0.39 is 34.8 Å². The molecule has 0 saturated heterocycles. The predicted molar refractivity (Wildman–Crippen MR) is 108 cm³/mol. The van der Waals surface area contributed by atoms with Crippen LogP contribution in [-0.2, 0) is 15.8 Å². The Hall–Kier alpha value is -2.96. The fourth-order valence-corrected chi connectivity index (χ4v) is 4.61. The van der Waals surface area contributed by atoms with Crippen LogP contribution >= 0.6 is 0 Å². The number of anilines is 1. The van der Waals surface area contributed by atoms with Crippen LogP contribution in [0.4, 0.5) is 23.2 Å². The molecule has 2 aromatic rings. The zero-order valence-electron chi connectivity index (χ0n) is 17.1. The van der Waals surface area contributed by atoms with Gasteiger partial charge in [-0.2, -0.15) is 13.2 Å². The number of para-hydroxylation sites is 1. The quantitative estimate of drug-likeness (QED) is 0.547. The summed E-state index contributed by atoms with van der Waals surface area (Å²) >= 11 is 0. The Balaban J connectivity index is 1.95. The fraction of sp³-hybridized carbons (Fsp3) is 0.333. The first kappa shape index (κ1) is 21.3. The molecule has 1 aliphatic carbocycles. The molecular weight excluding hydrogens is 410 g/mol. The topological polar surface area (TPSA) is 37.4 Å². The summed E-state index contributed by atoms with van der Waals surface area (Å²) in [4.78, 5) is 27.5. The average Bonchev–Trinajstić information content (AvgIpc) is 2.65. The lowest BCUT2D eigenvalue weighted by molar-refractivity contribution is -0.137. The third-order valence-electron chi connectivity index (χ3n) is 5.84. The molecule has 1 atom stereocenters. The van der Waals surface area contributed by atoms with Gasteiger partial charge in [-0.05, 0) is 41.7 Å². The molecule has 0 aromatic heterocycles. The molecule has 4 rings (SSSR count). The molecule has 31 heavy (non-hydrogen) atoms. The van der Waals surface area contributed by atoms with Gasteiger partial charge in [-0.15, -0.1) is 0 Å². The Morgan fingerprint density at radius 3 is 2.39 bits per heavy atom. The van der Waals surface area contributed by atoms with Crippen molar-refractivity contribution in [2.45, 2.75) is 45.2 Å². The van der Waals surface area contributed by atoms with Crippen molar-refractivity contribution in [2.24, 2.45) is 5.41 Å². The Morgan fingerprint density at radius 1 is 1.00 bits per heavy atom. The minimum absolute atomic E-state index is 0.208. The van der Waals surface area contributed by atoms with Crippen LogP contribution in [-0.4, -0.2) is 11.7 Å². The zero-order valence-corrected chi connectivity index (χ0v) is 17.1. The van der Waals surface area contributed by atoms with Crippen LogP contribution in [0.3, 0.4) is 0 Å². The van der Waals surface area contributed by atoms with E-state index in [1.54, 1.807) is 6.07 Å². The van der Waals surface area contributed by atoms with Gasteiger partial charge in [0, 0.05) is 30.0 Å². The second-order valence-corrected chi connectivity index (χ2v) is 8.86. The number of hydrogen-bond donors (Lipinski definition) is 0. The summed E-state index contributed by atoms with van der Waals surface area (Å²) in [5, 5.41) is 0. The molecular formula is C24H21F4NO2. The van der Waals surface area contributed by atoms with Crippen molar-refractivity contribution in [3.8, 4) is 0 Å². The third-order valence-corrected chi connectivity index (χ3v) is 5.84. The fourth-order valence-electron chi connectivity index (χ4n) is 4.61. The second-order valence-electron chi connectivity index (χ2n) is 8.86. The number of halogens is 4. The van der Waals surface area contributed by atoms with E-state index in [-0.39, 0.29) is 36.4 Å². The SMILES string of the molecule is CC1(C)CC(=O)C2=C(C1)N(c1ccccc1C(F)(F)F)C(=O)CC2c1cccc(F)c1. The van der Waals surface area contributed by atoms with Crippen LogP contribution < -0.4 is 4.90 Å². The molecule has 1 unspecified atom stereocenters. The molecule has 0 fully saturated rings. The van der Waals surface area contributed by atoms with Gasteiger partial charge in [-0.3, -0.25) is 14.5 Å². The van der Waals surface area contributed by atoms with Crippen LogP contribution in [0.25, 0.3) is 0 Å². The highest BCUT2D eigenvalue weighted by atomic mass is 19.4. The minimum Gasteiger partial charge on any atom is -0.294 e. The van der Waals surface area contributed by atoms with Crippen molar-refractivity contribution < 1.29 is 27.2 Å². The number of alkyl halides is 3. The summed E-state index contributed by atoms with van der Waals surface area (Å²) in [6.07, 6.45) is -4.40. The lowest BCUT2D eigenvalue weighted by Crippen LogP contribution is -2.44. The van der Waals surface area contributed by atoms with E-state index >= 15 is 0 Å². The van der Waals surface area contributed by atoms with E-state index in [1.807, 2.05) is 13.8 Å². The van der Waals surface area contributed by atoms with Crippen molar-refractivity contribution in [1.29, 1.82) is 0 Å². The van der Waals surface area contributed by atoms with Crippen molar-refractivity contribution in [1.82, 2.24) is 0 Å². The number of amides is 1. The lowest BCUT2D eigenvalue weighted by Gasteiger charge is -2.43. The molecule has 0 radical (unpaired) electrons. The largest absolute Gasteiger partial charge is 0.418 e. The molecule has 0 saturated carbocycles. The minimum atomic E-state index is -4.66. The van der Waals surface area contributed by atoms with E-state index in [0.29, 0.717) is 11.1 Å². The standard InChI is InChI=1S/C24H21F4NO2/c1-23(2)12-19-22(20(30)13-23)16(14-6-5-7-15(25)10-14)11-21(31)29(19)18-9-4-3-8-17(18)24(26,27)28/h3-10,16H,11-13H2,1-2H3. The summed E-state index contributed by atoms with van der Waals surface area (Å²) in [7, 11) is 0. The van der Waals surface area contributed by atoms with E-state index in [1.165, 1.54) is 36.4 Å². The lowest BCUT2D eigenvalue weighted by atomic mass is 9.69. The highest BCUT2D eigenvalue weighted by molar-refractivity contribution is 6.08. The smallest absolute Gasteiger partial charge is 0.294 e. The molecule has 0 N–H and O–H groups in total. The van der Waals surface area contributed by atoms with E-state index in [4.69, 9.17) is 0 Å². The molecule has 1 heterocycles. The second kappa shape index (κ2) is 7.32. The monoisotopic (exact) mass is 431 g/mol. The maximum absolute atomic E-state index is 13.9. The predicted octanol–water partition coefficient (Wildman–Crippen LogP) is 6.01. The zero-order chi connectivity index (χ0) is 22.6. The third kappa shape index (κ3) is 3.89. The number of benzene rings is 2.